The molecule has 2 aromatic heterocycles. The number of para-hydroxylation sites is 1. The average Bonchev–Trinajstić information content (AvgIpc) is 2.82. The summed E-state index contributed by atoms with van der Waals surface area (Å²) in [6, 6.07) is 25.8. The molecule has 3 aromatic carbocycles. The van der Waals surface area contributed by atoms with Gasteiger partial charge in [-0.3, -0.25) is 4.98 Å². The number of aromatic amines is 1. The monoisotopic (exact) mass is 436 g/mol. The number of H-pyrrole nitrogens is 1. The zero-order valence-electron chi connectivity index (χ0n) is 16.7. The first-order chi connectivity index (χ1) is 15.7. The summed E-state index contributed by atoms with van der Waals surface area (Å²) in [5.74, 6) is 1.91. The molecule has 0 atom stereocenters. The molecule has 154 valence electrons. The molecule has 3 heterocycles. The molecule has 1 aliphatic heterocycles. The van der Waals surface area contributed by atoms with Crippen LogP contribution in [0, 0.1) is 0 Å². The van der Waals surface area contributed by atoms with Crippen molar-refractivity contribution in [3.63, 3.8) is 0 Å². The van der Waals surface area contributed by atoms with E-state index in [1.165, 1.54) is 0 Å². The quantitative estimate of drug-likeness (QED) is 0.373. The molecule has 6 nitrogen and oxygen atoms in total. The minimum atomic E-state index is -0.523. The van der Waals surface area contributed by atoms with Crippen LogP contribution in [0.3, 0.4) is 0 Å². The number of hydrogen-bond donors (Lipinski definition) is 2. The van der Waals surface area contributed by atoms with E-state index in [9.17, 15) is 4.79 Å². The Balaban J connectivity index is 1.54. The van der Waals surface area contributed by atoms with Gasteiger partial charge in [0.2, 0.25) is 0 Å². The Bertz CT molecular complexity index is 1560. The molecule has 0 saturated carbocycles. The maximum Gasteiger partial charge on any atom is 0.348 e. The number of rotatable bonds is 2. The molecule has 0 bridgehead atoms. The van der Waals surface area contributed by atoms with Crippen LogP contribution in [-0.4, -0.2) is 15.0 Å². The Morgan fingerprint density at radius 1 is 0.812 bits per heavy atom. The summed E-state index contributed by atoms with van der Waals surface area (Å²) in [5, 5.41) is 0.629. The first-order valence-corrected chi connectivity index (χ1v) is 10.8. The first-order valence-electron chi connectivity index (χ1n) is 10.0. The Morgan fingerprint density at radius 3 is 2.47 bits per heavy atom. The van der Waals surface area contributed by atoms with Crippen molar-refractivity contribution < 1.29 is 4.74 Å². The highest BCUT2D eigenvalue weighted by Crippen LogP contribution is 2.48. The largest absolute Gasteiger partial charge is 0.455 e. The number of nitrogens with zero attached hydrogens (tertiary/aromatic N) is 2. The second-order valence-electron chi connectivity index (χ2n) is 7.39. The van der Waals surface area contributed by atoms with Gasteiger partial charge in [-0.05, 0) is 47.5 Å². The van der Waals surface area contributed by atoms with Gasteiger partial charge in [0.15, 0.2) is 5.65 Å². The number of anilines is 1. The molecule has 1 aliphatic rings. The third kappa shape index (κ3) is 3.11. The van der Waals surface area contributed by atoms with Crippen LogP contribution >= 0.6 is 11.8 Å². The molecule has 0 fully saturated rings. The molecule has 5 aromatic rings. The van der Waals surface area contributed by atoms with Crippen LogP contribution in [0.2, 0.25) is 0 Å². The first kappa shape index (κ1) is 18.7. The van der Waals surface area contributed by atoms with Gasteiger partial charge < -0.3 is 10.5 Å². The van der Waals surface area contributed by atoms with E-state index in [1.807, 2.05) is 72.8 Å². The number of benzene rings is 3. The van der Waals surface area contributed by atoms with Crippen LogP contribution in [0.4, 0.5) is 5.82 Å². The van der Waals surface area contributed by atoms with Crippen molar-refractivity contribution in [1.82, 2.24) is 15.0 Å². The van der Waals surface area contributed by atoms with Gasteiger partial charge in [0.1, 0.15) is 17.3 Å². The van der Waals surface area contributed by atoms with Gasteiger partial charge in [-0.2, -0.15) is 4.98 Å². The zero-order chi connectivity index (χ0) is 21.7. The van der Waals surface area contributed by atoms with E-state index >= 15 is 0 Å². The third-order valence-corrected chi connectivity index (χ3v) is 6.43. The van der Waals surface area contributed by atoms with Gasteiger partial charge in [-0.1, -0.05) is 54.2 Å². The maximum atomic E-state index is 12.0. The highest BCUT2D eigenvalue weighted by atomic mass is 32.2. The van der Waals surface area contributed by atoms with E-state index in [0.29, 0.717) is 16.7 Å². The number of nitrogen functional groups attached to an aromatic ring is 1. The summed E-state index contributed by atoms with van der Waals surface area (Å²) in [7, 11) is 0. The van der Waals surface area contributed by atoms with E-state index in [1.54, 1.807) is 11.8 Å². The van der Waals surface area contributed by atoms with Crippen molar-refractivity contribution in [2.45, 2.75) is 9.79 Å². The van der Waals surface area contributed by atoms with Crippen LogP contribution in [0.25, 0.3) is 33.4 Å². The fourth-order valence-electron chi connectivity index (χ4n) is 3.86. The number of ether oxygens (including phenoxy) is 1. The van der Waals surface area contributed by atoms with Crippen molar-refractivity contribution >= 4 is 28.6 Å². The summed E-state index contributed by atoms with van der Waals surface area (Å²) in [5.41, 5.74) is 9.39. The van der Waals surface area contributed by atoms with Crippen LogP contribution in [-0.2, 0) is 0 Å². The second-order valence-corrected chi connectivity index (χ2v) is 8.47. The standard InChI is InChI=1S/C25H16N4O2S/c26-23-22-16(14-6-2-1-3-7-14)13-17(27-24(22)29-25(30)28-23)15-10-11-19-21(12-15)32-20-9-5-4-8-18(20)31-19/h1-13H,(H3,26,27,28,29,30). The van der Waals surface area contributed by atoms with Crippen LogP contribution in [0.5, 0.6) is 11.5 Å². The number of hydrogen-bond acceptors (Lipinski definition) is 6. The molecule has 0 saturated heterocycles. The number of nitrogens with one attached hydrogen (secondary N) is 1. The van der Waals surface area contributed by atoms with Crippen molar-refractivity contribution in [1.29, 1.82) is 0 Å². The van der Waals surface area contributed by atoms with Gasteiger partial charge in [-0.25, -0.2) is 9.78 Å². The highest BCUT2D eigenvalue weighted by molar-refractivity contribution is 7.99. The summed E-state index contributed by atoms with van der Waals surface area (Å²) >= 11 is 1.66. The Labute approximate surface area is 187 Å². The number of nitrogens with two attached hydrogens (primary N) is 1. The molecule has 7 heteroatoms. The molecular formula is C25H16N4O2S. The van der Waals surface area contributed by atoms with E-state index in [-0.39, 0.29) is 5.82 Å². The molecule has 3 N–H and O–H groups in total. The summed E-state index contributed by atoms with van der Waals surface area (Å²) in [6.07, 6.45) is 0. The van der Waals surface area contributed by atoms with Crippen LogP contribution in [0.1, 0.15) is 0 Å². The van der Waals surface area contributed by atoms with E-state index in [4.69, 9.17) is 10.5 Å². The van der Waals surface area contributed by atoms with E-state index < -0.39 is 5.69 Å². The molecule has 32 heavy (non-hydrogen) atoms. The smallest absolute Gasteiger partial charge is 0.348 e. The highest BCUT2D eigenvalue weighted by Gasteiger charge is 2.19. The van der Waals surface area contributed by atoms with Gasteiger partial charge in [-0.15, -0.1) is 0 Å². The molecule has 0 radical (unpaired) electrons. The van der Waals surface area contributed by atoms with Crippen molar-refractivity contribution in [3.05, 3.63) is 89.3 Å². The molecule has 6 rings (SSSR count). The van der Waals surface area contributed by atoms with E-state index in [0.717, 1.165) is 38.0 Å². The van der Waals surface area contributed by atoms with Crippen molar-refractivity contribution in [3.8, 4) is 33.9 Å². The maximum absolute atomic E-state index is 12.0. The molecule has 0 amide bonds. The lowest BCUT2D eigenvalue weighted by atomic mass is 10.00. The second kappa shape index (κ2) is 7.25. The minimum absolute atomic E-state index is 0.254. The average molecular weight is 436 g/mol. The fraction of sp³-hybridized carbons (Fsp3) is 0. The topological polar surface area (TPSA) is 93.9 Å². The Morgan fingerprint density at radius 2 is 1.59 bits per heavy atom. The van der Waals surface area contributed by atoms with Crippen LogP contribution < -0.4 is 16.2 Å². The number of fused-ring (bicyclic) bond motifs is 3. The van der Waals surface area contributed by atoms with Crippen LogP contribution in [0.15, 0.2) is 93.4 Å². The predicted molar refractivity (Wildman–Crippen MR) is 126 cm³/mol. The molecule has 0 unspecified atom stereocenters. The molecule has 0 spiro atoms. The Hall–Kier alpha value is -4.10. The number of pyridine rings is 1. The zero-order valence-corrected chi connectivity index (χ0v) is 17.5. The van der Waals surface area contributed by atoms with Gasteiger partial charge in [0, 0.05) is 5.56 Å². The lowest BCUT2D eigenvalue weighted by Gasteiger charge is -2.20. The summed E-state index contributed by atoms with van der Waals surface area (Å²) in [4.78, 5) is 25.4. The van der Waals surface area contributed by atoms with E-state index in [2.05, 4.69) is 21.0 Å². The third-order valence-electron chi connectivity index (χ3n) is 5.33. The van der Waals surface area contributed by atoms with Crippen molar-refractivity contribution in [2.24, 2.45) is 0 Å². The van der Waals surface area contributed by atoms with Gasteiger partial charge >= 0.3 is 5.69 Å². The van der Waals surface area contributed by atoms with Crippen molar-refractivity contribution in [2.75, 3.05) is 5.73 Å². The predicted octanol–water partition coefficient (Wildman–Crippen LogP) is 5.49. The van der Waals surface area contributed by atoms with Gasteiger partial charge in [0.25, 0.3) is 0 Å². The minimum Gasteiger partial charge on any atom is -0.455 e. The Kier molecular flexibility index (Phi) is 4.22. The summed E-state index contributed by atoms with van der Waals surface area (Å²) in [6.45, 7) is 0. The lowest BCUT2D eigenvalue weighted by molar-refractivity contribution is 0.454. The van der Waals surface area contributed by atoms with Gasteiger partial charge in [0.05, 0.1) is 20.9 Å². The summed E-state index contributed by atoms with van der Waals surface area (Å²) < 4.78 is 6.05. The molecular weight excluding hydrogens is 420 g/mol. The number of aromatic nitrogens is 3. The molecule has 0 aliphatic carbocycles. The lowest BCUT2D eigenvalue weighted by Crippen LogP contribution is -2.14. The normalized spacial score (nSPS) is 12.1. The fourth-order valence-corrected chi connectivity index (χ4v) is 4.85. The SMILES string of the molecule is Nc1[nH]c(=O)nc2nc(-c3ccc4c(c3)Sc3ccccc3O4)cc(-c3ccccc3)c12.